The molecule has 1 heterocycles. The molecule has 2 N–H and O–H groups in total. The fourth-order valence-corrected chi connectivity index (χ4v) is 2.01. The van der Waals surface area contributed by atoms with Crippen LogP contribution in [0.4, 0.5) is 0 Å². The van der Waals surface area contributed by atoms with E-state index in [1.165, 1.54) is 0 Å². The lowest BCUT2D eigenvalue weighted by Crippen LogP contribution is -2.31. The Morgan fingerprint density at radius 2 is 1.95 bits per heavy atom. The first-order valence-electron chi connectivity index (χ1n) is 6.72. The van der Waals surface area contributed by atoms with Crippen LogP contribution in [0.1, 0.15) is 28.5 Å². The largest absolute Gasteiger partial charge is 0.333 e. The molecule has 20 heavy (non-hydrogen) atoms. The smallest absolute Gasteiger partial charge is 0.272 e. The number of nitrogens with zero attached hydrogens (tertiary/aromatic N) is 2. The van der Waals surface area contributed by atoms with E-state index in [4.69, 9.17) is 5.73 Å². The summed E-state index contributed by atoms with van der Waals surface area (Å²) in [4.78, 5) is 18.4. The van der Waals surface area contributed by atoms with Crippen molar-refractivity contribution in [3.8, 4) is 0 Å². The van der Waals surface area contributed by atoms with Crippen LogP contribution in [0.3, 0.4) is 0 Å². The second-order valence-corrected chi connectivity index (χ2v) is 4.56. The molecular formula is C16H19N3O. The van der Waals surface area contributed by atoms with Crippen LogP contribution in [-0.4, -0.2) is 22.3 Å². The van der Waals surface area contributed by atoms with Crippen molar-refractivity contribution in [1.29, 1.82) is 0 Å². The Morgan fingerprint density at radius 1 is 1.20 bits per heavy atom. The van der Waals surface area contributed by atoms with Gasteiger partial charge < -0.3 is 10.6 Å². The molecule has 104 valence electrons. The van der Waals surface area contributed by atoms with Crippen LogP contribution in [0.5, 0.6) is 0 Å². The lowest BCUT2D eigenvalue weighted by molar-refractivity contribution is 0.0746. The van der Waals surface area contributed by atoms with Gasteiger partial charge in [0.05, 0.1) is 0 Å². The first kappa shape index (κ1) is 14.2. The lowest BCUT2D eigenvalue weighted by atomic mass is 10.2. The molecule has 4 nitrogen and oxygen atoms in total. The highest BCUT2D eigenvalue weighted by Gasteiger charge is 2.15. The van der Waals surface area contributed by atoms with Crippen LogP contribution < -0.4 is 5.73 Å². The van der Waals surface area contributed by atoms with Crippen LogP contribution in [0.2, 0.25) is 0 Å². The molecule has 0 bridgehead atoms. The number of hydrogen-bond acceptors (Lipinski definition) is 3. The van der Waals surface area contributed by atoms with E-state index in [1.807, 2.05) is 43.3 Å². The molecule has 0 aliphatic carbocycles. The highest BCUT2D eigenvalue weighted by Crippen LogP contribution is 2.09. The van der Waals surface area contributed by atoms with Gasteiger partial charge in [0.1, 0.15) is 5.69 Å². The van der Waals surface area contributed by atoms with E-state index in [1.54, 1.807) is 17.2 Å². The summed E-state index contributed by atoms with van der Waals surface area (Å²) in [6.07, 6.45) is 1.63. The van der Waals surface area contributed by atoms with Crippen molar-refractivity contribution in [1.82, 2.24) is 9.88 Å². The molecule has 0 aliphatic heterocycles. The van der Waals surface area contributed by atoms with Crippen molar-refractivity contribution in [3.05, 3.63) is 65.5 Å². The summed E-state index contributed by atoms with van der Waals surface area (Å²) < 4.78 is 0. The fraction of sp³-hybridized carbons (Fsp3) is 0.250. The van der Waals surface area contributed by atoms with Crippen LogP contribution >= 0.6 is 0 Å². The number of nitrogens with two attached hydrogens (primary N) is 1. The minimum atomic E-state index is -0.0633. The first-order valence-corrected chi connectivity index (χ1v) is 6.72. The maximum Gasteiger partial charge on any atom is 0.272 e. The zero-order valence-electron chi connectivity index (χ0n) is 11.6. The van der Waals surface area contributed by atoms with Gasteiger partial charge in [-0.05, 0) is 30.2 Å². The number of benzene rings is 1. The van der Waals surface area contributed by atoms with Crippen LogP contribution in [0.25, 0.3) is 0 Å². The number of rotatable bonds is 5. The molecule has 0 saturated carbocycles. The molecule has 1 aromatic carbocycles. The van der Waals surface area contributed by atoms with Crippen molar-refractivity contribution < 1.29 is 4.79 Å². The Labute approximate surface area is 119 Å². The Morgan fingerprint density at radius 3 is 2.60 bits per heavy atom. The summed E-state index contributed by atoms with van der Waals surface area (Å²) in [7, 11) is 0. The molecule has 0 fully saturated rings. The molecule has 1 amide bonds. The zero-order valence-corrected chi connectivity index (χ0v) is 11.6. The summed E-state index contributed by atoms with van der Waals surface area (Å²) in [5, 5.41) is 0. The molecule has 0 unspecified atom stereocenters. The van der Waals surface area contributed by atoms with Crippen LogP contribution in [-0.2, 0) is 13.1 Å². The Hall–Kier alpha value is -2.20. The van der Waals surface area contributed by atoms with Crippen molar-refractivity contribution in [3.63, 3.8) is 0 Å². The molecule has 0 aliphatic rings. The lowest BCUT2D eigenvalue weighted by Gasteiger charge is -2.20. The first-order chi connectivity index (χ1) is 9.74. The maximum atomic E-state index is 12.5. The van der Waals surface area contributed by atoms with Crippen LogP contribution in [0, 0.1) is 0 Å². The van der Waals surface area contributed by atoms with Gasteiger partial charge >= 0.3 is 0 Å². The number of aromatic nitrogens is 1. The summed E-state index contributed by atoms with van der Waals surface area (Å²) in [5.41, 5.74) is 8.07. The Kier molecular flexibility index (Phi) is 4.85. The number of amides is 1. The highest BCUT2D eigenvalue weighted by molar-refractivity contribution is 5.92. The predicted molar refractivity (Wildman–Crippen MR) is 79.0 cm³/mol. The van der Waals surface area contributed by atoms with Gasteiger partial charge in [0.2, 0.25) is 0 Å². The van der Waals surface area contributed by atoms with Crippen molar-refractivity contribution in [2.24, 2.45) is 5.73 Å². The molecule has 0 saturated heterocycles. The number of pyridine rings is 1. The van der Waals surface area contributed by atoms with Gasteiger partial charge in [0, 0.05) is 25.8 Å². The molecule has 4 heteroatoms. The number of hydrogen-bond donors (Lipinski definition) is 1. The van der Waals surface area contributed by atoms with Gasteiger partial charge in [-0.15, -0.1) is 0 Å². The third-order valence-corrected chi connectivity index (χ3v) is 3.16. The van der Waals surface area contributed by atoms with E-state index in [0.29, 0.717) is 25.3 Å². The predicted octanol–water partition coefficient (Wildman–Crippen LogP) is 2.20. The average molecular weight is 269 g/mol. The van der Waals surface area contributed by atoms with E-state index >= 15 is 0 Å². The van der Waals surface area contributed by atoms with E-state index in [9.17, 15) is 4.79 Å². The Balaban J connectivity index is 2.16. The van der Waals surface area contributed by atoms with Gasteiger partial charge in [-0.25, -0.2) is 0 Å². The second kappa shape index (κ2) is 6.82. The monoisotopic (exact) mass is 269 g/mol. The van der Waals surface area contributed by atoms with E-state index in [2.05, 4.69) is 4.98 Å². The highest BCUT2D eigenvalue weighted by atomic mass is 16.2. The standard InChI is InChI=1S/C16H19N3O/c1-2-19(12-13-6-4-3-5-7-13)16(20)15-10-14(11-17)8-9-18-15/h3-10H,2,11-12,17H2,1H3. The minimum Gasteiger partial charge on any atom is -0.333 e. The fourth-order valence-electron chi connectivity index (χ4n) is 2.01. The van der Waals surface area contributed by atoms with E-state index < -0.39 is 0 Å². The summed E-state index contributed by atoms with van der Waals surface area (Å²) in [6.45, 7) is 3.61. The van der Waals surface area contributed by atoms with Crippen molar-refractivity contribution in [2.45, 2.75) is 20.0 Å². The van der Waals surface area contributed by atoms with Gasteiger partial charge in [-0.2, -0.15) is 0 Å². The zero-order chi connectivity index (χ0) is 14.4. The molecule has 0 radical (unpaired) electrons. The molecule has 0 atom stereocenters. The van der Waals surface area contributed by atoms with Crippen LogP contribution in [0.15, 0.2) is 48.7 Å². The third-order valence-electron chi connectivity index (χ3n) is 3.16. The number of carbonyl (C=O) groups excluding carboxylic acids is 1. The SMILES string of the molecule is CCN(Cc1ccccc1)C(=O)c1cc(CN)ccn1. The van der Waals surface area contributed by atoms with Gasteiger partial charge in [-0.3, -0.25) is 9.78 Å². The third kappa shape index (κ3) is 3.42. The Bertz CT molecular complexity index is 569. The van der Waals surface area contributed by atoms with Gasteiger partial charge in [-0.1, -0.05) is 30.3 Å². The second-order valence-electron chi connectivity index (χ2n) is 4.56. The van der Waals surface area contributed by atoms with E-state index in [0.717, 1.165) is 11.1 Å². The molecule has 2 aromatic rings. The minimum absolute atomic E-state index is 0.0633. The summed E-state index contributed by atoms with van der Waals surface area (Å²) >= 11 is 0. The molecular weight excluding hydrogens is 250 g/mol. The van der Waals surface area contributed by atoms with E-state index in [-0.39, 0.29) is 5.91 Å². The topological polar surface area (TPSA) is 59.2 Å². The molecule has 2 rings (SSSR count). The quantitative estimate of drug-likeness (QED) is 0.905. The number of carbonyl (C=O) groups is 1. The van der Waals surface area contributed by atoms with Gasteiger partial charge in [0.25, 0.3) is 5.91 Å². The molecule has 0 spiro atoms. The summed E-state index contributed by atoms with van der Waals surface area (Å²) in [6, 6.07) is 13.5. The average Bonchev–Trinajstić information content (AvgIpc) is 2.53. The normalized spacial score (nSPS) is 10.3. The summed E-state index contributed by atoms with van der Waals surface area (Å²) in [5.74, 6) is -0.0633. The van der Waals surface area contributed by atoms with Crippen molar-refractivity contribution in [2.75, 3.05) is 6.54 Å². The van der Waals surface area contributed by atoms with Crippen molar-refractivity contribution >= 4 is 5.91 Å². The maximum absolute atomic E-state index is 12.5. The van der Waals surface area contributed by atoms with Gasteiger partial charge in [0.15, 0.2) is 0 Å². The molecule has 1 aromatic heterocycles.